The predicted molar refractivity (Wildman–Crippen MR) is 148 cm³/mol. The number of carbonyl (C=O) groups excluding carboxylic acids is 2. The van der Waals surface area contributed by atoms with Gasteiger partial charge in [-0.1, -0.05) is 71.7 Å². The van der Waals surface area contributed by atoms with Crippen LogP contribution in [-0.4, -0.2) is 51.0 Å². The Kier molecular flexibility index (Phi) is 9.59. The normalized spacial score (nSPS) is 12.0. The van der Waals surface area contributed by atoms with Crippen LogP contribution in [0.15, 0.2) is 72.8 Å². The van der Waals surface area contributed by atoms with Crippen molar-refractivity contribution in [3.05, 3.63) is 99.5 Å². The first kappa shape index (κ1) is 28.5. The van der Waals surface area contributed by atoms with Crippen LogP contribution >= 0.6 is 23.2 Å². The Morgan fingerprint density at radius 1 is 0.946 bits per heavy atom. The Balaban J connectivity index is 2.03. The zero-order valence-electron chi connectivity index (χ0n) is 20.8. The molecule has 0 aliphatic rings. The SMILES string of the molecule is CNC(=O)[C@H](Cc1ccccc1)N(Cc1ccc(Cl)cc1)C(=O)CN(c1ccc(C)c(Cl)c1)S(C)(=O)=O. The molecule has 0 aromatic heterocycles. The summed E-state index contributed by atoms with van der Waals surface area (Å²) in [7, 11) is -2.35. The van der Waals surface area contributed by atoms with E-state index in [0.29, 0.717) is 10.0 Å². The lowest BCUT2D eigenvalue weighted by molar-refractivity contribution is -0.139. The number of halogens is 2. The van der Waals surface area contributed by atoms with Crippen LogP contribution in [0.1, 0.15) is 16.7 Å². The van der Waals surface area contributed by atoms with E-state index in [0.717, 1.165) is 27.3 Å². The summed E-state index contributed by atoms with van der Waals surface area (Å²) < 4.78 is 26.5. The first-order valence-corrected chi connectivity index (χ1v) is 14.1. The van der Waals surface area contributed by atoms with Gasteiger partial charge in [-0.15, -0.1) is 0 Å². The molecule has 1 N–H and O–H groups in total. The van der Waals surface area contributed by atoms with Gasteiger partial charge in [-0.05, 0) is 47.9 Å². The maximum atomic E-state index is 13.8. The largest absolute Gasteiger partial charge is 0.357 e. The molecule has 1 atom stereocenters. The third-order valence-corrected chi connectivity index (χ3v) is 7.71. The number of hydrogen-bond acceptors (Lipinski definition) is 4. The minimum absolute atomic E-state index is 0.0766. The lowest BCUT2D eigenvalue weighted by Crippen LogP contribution is -2.52. The van der Waals surface area contributed by atoms with Gasteiger partial charge in [0.05, 0.1) is 11.9 Å². The quantitative estimate of drug-likeness (QED) is 0.396. The van der Waals surface area contributed by atoms with Crippen molar-refractivity contribution in [1.82, 2.24) is 10.2 Å². The summed E-state index contributed by atoms with van der Waals surface area (Å²) in [5, 5.41) is 3.56. The monoisotopic (exact) mass is 561 g/mol. The van der Waals surface area contributed by atoms with Gasteiger partial charge in [0, 0.05) is 30.1 Å². The number of sulfonamides is 1. The molecule has 0 bridgehead atoms. The van der Waals surface area contributed by atoms with E-state index >= 15 is 0 Å². The summed E-state index contributed by atoms with van der Waals surface area (Å²) in [6.45, 7) is 1.37. The first-order valence-electron chi connectivity index (χ1n) is 11.5. The lowest BCUT2D eigenvalue weighted by Gasteiger charge is -2.33. The molecular formula is C27H29Cl2N3O4S. The molecule has 37 heavy (non-hydrogen) atoms. The number of amides is 2. The maximum Gasteiger partial charge on any atom is 0.244 e. The number of nitrogens with zero attached hydrogens (tertiary/aromatic N) is 2. The van der Waals surface area contributed by atoms with Crippen LogP contribution in [0.4, 0.5) is 5.69 Å². The van der Waals surface area contributed by atoms with Gasteiger partial charge in [0.25, 0.3) is 0 Å². The number of likely N-dealkylation sites (N-methyl/N-ethyl adjacent to an activating group) is 1. The number of nitrogens with one attached hydrogen (secondary N) is 1. The molecule has 3 aromatic rings. The maximum absolute atomic E-state index is 13.8. The van der Waals surface area contributed by atoms with Crippen molar-refractivity contribution in [2.75, 3.05) is 24.2 Å². The minimum atomic E-state index is -3.86. The second kappa shape index (κ2) is 12.4. The standard InChI is InChI=1S/C27H29Cl2N3O4S/c1-19-9-14-23(16-24(19)29)32(37(3,35)36)18-26(33)31(17-21-10-12-22(28)13-11-21)25(27(34)30-2)15-20-7-5-4-6-8-20/h4-14,16,25H,15,17-18H2,1-3H3,(H,30,34)/t25-/m0/s1. The smallest absolute Gasteiger partial charge is 0.244 e. The Bertz CT molecular complexity index is 1350. The average Bonchev–Trinajstić information content (AvgIpc) is 2.87. The number of benzene rings is 3. The molecule has 0 saturated heterocycles. The highest BCUT2D eigenvalue weighted by Gasteiger charge is 2.32. The van der Waals surface area contributed by atoms with E-state index in [4.69, 9.17) is 23.2 Å². The van der Waals surface area contributed by atoms with Crippen LogP contribution in [0.2, 0.25) is 10.0 Å². The highest BCUT2D eigenvalue weighted by Crippen LogP contribution is 2.26. The van der Waals surface area contributed by atoms with Crippen molar-refractivity contribution in [3.63, 3.8) is 0 Å². The second-order valence-corrected chi connectivity index (χ2v) is 11.4. The van der Waals surface area contributed by atoms with Crippen molar-refractivity contribution in [2.45, 2.75) is 25.9 Å². The molecule has 0 spiro atoms. The topological polar surface area (TPSA) is 86.8 Å². The highest BCUT2D eigenvalue weighted by molar-refractivity contribution is 7.92. The van der Waals surface area contributed by atoms with E-state index in [9.17, 15) is 18.0 Å². The predicted octanol–water partition coefficient (Wildman–Crippen LogP) is 4.45. The van der Waals surface area contributed by atoms with Crippen LogP contribution in [0, 0.1) is 6.92 Å². The van der Waals surface area contributed by atoms with Crippen LogP contribution in [0.25, 0.3) is 0 Å². The van der Waals surface area contributed by atoms with Crippen molar-refractivity contribution in [3.8, 4) is 0 Å². The zero-order chi connectivity index (χ0) is 27.2. The molecule has 7 nitrogen and oxygen atoms in total. The van der Waals surface area contributed by atoms with E-state index < -0.39 is 28.5 Å². The molecule has 196 valence electrons. The third kappa shape index (κ3) is 7.71. The van der Waals surface area contributed by atoms with E-state index in [1.165, 1.54) is 18.0 Å². The molecule has 0 radical (unpaired) electrons. The summed E-state index contributed by atoms with van der Waals surface area (Å²) in [6.07, 6.45) is 1.27. The summed E-state index contributed by atoms with van der Waals surface area (Å²) in [4.78, 5) is 28.3. The molecule has 3 aromatic carbocycles. The average molecular weight is 563 g/mol. The summed E-state index contributed by atoms with van der Waals surface area (Å²) in [6, 6.07) is 20.1. The van der Waals surface area contributed by atoms with E-state index in [2.05, 4.69) is 5.32 Å². The van der Waals surface area contributed by atoms with Gasteiger partial charge in [-0.2, -0.15) is 0 Å². The number of hydrogen-bond donors (Lipinski definition) is 1. The Hall–Kier alpha value is -3.07. The number of anilines is 1. The summed E-state index contributed by atoms with van der Waals surface area (Å²) in [5.74, 6) is -0.906. The molecule has 0 unspecified atom stereocenters. The Morgan fingerprint density at radius 3 is 2.16 bits per heavy atom. The minimum Gasteiger partial charge on any atom is -0.357 e. The lowest BCUT2D eigenvalue weighted by atomic mass is 10.0. The van der Waals surface area contributed by atoms with Crippen molar-refractivity contribution in [1.29, 1.82) is 0 Å². The van der Waals surface area contributed by atoms with Crippen molar-refractivity contribution >= 4 is 50.7 Å². The summed E-state index contributed by atoms with van der Waals surface area (Å²) >= 11 is 12.3. The Labute approximate surface area is 228 Å². The van der Waals surface area contributed by atoms with E-state index in [1.807, 2.05) is 30.3 Å². The summed E-state index contributed by atoms with van der Waals surface area (Å²) in [5.41, 5.74) is 2.63. The highest BCUT2D eigenvalue weighted by atomic mass is 35.5. The van der Waals surface area contributed by atoms with Crippen LogP contribution in [-0.2, 0) is 32.6 Å². The second-order valence-electron chi connectivity index (χ2n) is 8.67. The zero-order valence-corrected chi connectivity index (χ0v) is 23.1. The molecule has 0 aliphatic heterocycles. The molecule has 0 fully saturated rings. The molecule has 10 heteroatoms. The van der Waals surface area contributed by atoms with Gasteiger partial charge in [0.15, 0.2) is 0 Å². The van der Waals surface area contributed by atoms with E-state index in [1.54, 1.807) is 43.3 Å². The molecule has 3 rings (SSSR count). The van der Waals surface area contributed by atoms with Crippen LogP contribution < -0.4 is 9.62 Å². The third-order valence-electron chi connectivity index (χ3n) is 5.91. The number of carbonyl (C=O) groups is 2. The number of rotatable bonds is 10. The molecular weight excluding hydrogens is 533 g/mol. The molecule has 0 heterocycles. The van der Waals surface area contributed by atoms with Gasteiger partial charge in [0.1, 0.15) is 12.6 Å². The molecule has 2 amide bonds. The molecule has 0 saturated carbocycles. The number of aryl methyl sites for hydroxylation is 1. The van der Waals surface area contributed by atoms with Gasteiger partial charge in [0.2, 0.25) is 21.8 Å². The van der Waals surface area contributed by atoms with Gasteiger partial charge in [-0.25, -0.2) is 8.42 Å². The fraction of sp³-hybridized carbons (Fsp3) is 0.259. The fourth-order valence-corrected chi connectivity index (χ4v) is 5.00. The van der Waals surface area contributed by atoms with Gasteiger partial charge in [-0.3, -0.25) is 13.9 Å². The van der Waals surface area contributed by atoms with Crippen LogP contribution in [0.5, 0.6) is 0 Å². The van der Waals surface area contributed by atoms with Crippen molar-refractivity contribution in [2.24, 2.45) is 0 Å². The van der Waals surface area contributed by atoms with Crippen molar-refractivity contribution < 1.29 is 18.0 Å². The first-order chi connectivity index (χ1) is 17.5. The Morgan fingerprint density at radius 2 is 1.59 bits per heavy atom. The van der Waals surface area contributed by atoms with Gasteiger partial charge < -0.3 is 10.2 Å². The molecule has 0 aliphatic carbocycles. The van der Waals surface area contributed by atoms with E-state index in [-0.39, 0.29) is 24.6 Å². The van der Waals surface area contributed by atoms with Crippen LogP contribution in [0.3, 0.4) is 0 Å². The van der Waals surface area contributed by atoms with Gasteiger partial charge >= 0.3 is 0 Å². The fourth-order valence-electron chi connectivity index (χ4n) is 3.86.